The second kappa shape index (κ2) is 11.2. The Bertz CT molecular complexity index is 1770. The predicted molar refractivity (Wildman–Crippen MR) is 148 cm³/mol. The number of alkyl halides is 3. The Morgan fingerprint density at radius 1 is 1.07 bits per heavy atom. The lowest BCUT2D eigenvalue weighted by atomic mass is 10.1. The number of aromatic nitrogens is 3. The number of aryl methyl sites for hydroxylation is 1. The lowest BCUT2D eigenvalue weighted by Crippen LogP contribution is -2.38. The summed E-state index contributed by atoms with van der Waals surface area (Å²) < 4.78 is 55.4. The van der Waals surface area contributed by atoms with Crippen LogP contribution in [0.15, 0.2) is 83.1 Å². The van der Waals surface area contributed by atoms with Crippen LogP contribution in [0.25, 0.3) is 16.7 Å². The van der Waals surface area contributed by atoms with E-state index < -0.39 is 35.9 Å². The number of hydrogen-bond donors (Lipinski definition) is 0. The van der Waals surface area contributed by atoms with Crippen molar-refractivity contribution >= 4 is 28.3 Å². The zero-order valence-electron chi connectivity index (χ0n) is 22.0. The van der Waals surface area contributed by atoms with E-state index in [1.807, 2.05) is 36.6 Å². The molecule has 0 spiro atoms. The SMILES string of the molecule is Cc1ccc(-n2c([C@@H](C)N(Cc3cccs3)C(=O)Cc3ccc(F)c(C(F)(F)F)c3)nc3ncccc3c2=O)cc1. The third-order valence-corrected chi connectivity index (χ3v) is 7.58. The van der Waals surface area contributed by atoms with Crippen LogP contribution in [0.4, 0.5) is 17.6 Å². The van der Waals surface area contributed by atoms with Gasteiger partial charge in [0.2, 0.25) is 5.91 Å². The van der Waals surface area contributed by atoms with Crippen LogP contribution in [0.5, 0.6) is 0 Å². The summed E-state index contributed by atoms with van der Waals surface area (Å²) in [7, 11) is 0. The number of halogens is 4. The lowest BCUT2D eigenvalue weighted by molar-refractivity contribution is -0.140. The summed E-state index contributed by atoms with van der Waals surface area (Å²) in [6.07, 6.45) is -3.81. The molecule has 210 valence electrons. The van der Waals surface area contributed by atoms with Crippen LogP contribution in [-0.4, -0.2) is 25.3 Å². The first kappa shape index (κ1) is 28.2. The van der Waals surface area contributed by atoms with Gasteiger partial charge < -0.3 is 4.90 Å². The smallest absolute Gasteiger partial charge is 0.327 e. The number of pyridine rings is 1. The summed E-state index contributed by atoms with van der Waals surface area (Å²) in [6.45, 7) is 3.74. The third kappa shape index (κ3) is 5.90. The lowest BCUT2D eigenvalue weighted by Gasteiger charge is -2.30. The van der Waals surface area contributed by atoms with Crippen molar-refractivity contribution in [1.29, 1.82) is 0 Å². The Hall–Kier alpha value is -4.38. The molecule has 0 radical (unpaired) electrons. The fraction of sp³-hybridized carbons (Fsp3) is 0.200. The van der Waals surface area contributed by atoms with E-state index in [1.165, 1.54) is 27.0 Å². The van der Waals surface area contributed by atoms with E-state index in [0.717, 1.165) is 16.5 Å². The number of amides is 1. The number of carbonyl (C=O) groups is 1. The van der Waals surface area contributed by atoms with Crippen LogP contribution in [0, 0.1) is 12.7 Å². The van der Waals surface area contributed by atoms with Crippen molar-refractivity contribution in [1.82, 2.24) is 19.4 Å². The zero-order valence-corrected chi connectivity index (χ0v) is 22.8. The fourth-order valence-electron chi connectivity index (χ4n) is 4.59. The van der Waals surface area contributed by atoms with Crippen LogP contribution in [0.3, 0.4) is 0 Å². The molecule has 2 aromatic carbocycles. The number of carbonyl (C=O) groups excluding carboxylic acids is 1. The summed E-state index contributed by atoms with van der Waals surface area (Å²) in [6, 6.07) is 15.9. The Kier molecular flexibility index (Phi) is 7.72. The van der Waals surface area contributed by atoms with Gasteiger partial charge in [0.05, 0.1) is 35.6 Å². The van der Waals surface area contributed by atoms with Gasteiger partial charge in [-0.1, -0.05) is 29.8 Å². The number of fused-ring (bicyclic) bond motifs is 1. The quantitative estimate of drug-likeness (QED) is 0.203. The molecule has 5 aromatic rings. The number of nitrogens with zero attached hydrogens (tertiary/aromatic N) is 4. The van der Waals surface area contributed by atoms with Crippen LogP contribution >= 0.6 is 11.3 Å². The van der Waals surface area contributed by atoms with Gasteiger partial charge in [-0.25, -0.2) is 14.4 Å². The normalized spacial score (nSPS) is 12.4. The molecule has 6 nitrogen and oxygen atoms in total. The molecule has 0 bridgehead atoms. The molecule has 1 amide bonds. The Morgan fingerprint density at radius 3 is 2.51 bits per heavy atom. The molecule has 3 aromatic heterocycles. The van der Waals surface area contributed by atoms with Crippen LogP contribution < -0.4 is 5.56 Å². The first-order chi connectivity index (χ1) is 19.5. The summed E-state index contributed by atoms with van der Waals surface area (Å²) >= 11 is 1.41. The maximum atomic E-state index is 13.9. The average molecular weight is 581 g/mol. The van der Waals surface area contributed by atoms with Crippen molar-refractivity contribution < 1.29 is 22.4 Å². The highest BCUT2D eigenvalue weighted by molar-refractivity contribution is 7.09. The monoisotopic (exact) mass is 580 g/mol. The van der Waals surface area contributed by atoms with Crippen molar-refractivity contribution in [3.8, 4) is 5.69 Å². The molecule has 0 N–H and O–H groups in total. The molecule has 0 aliphatic heterocycles. The second-order valence-corrected chi connectivity index (χ2v) is 10.6. The maximum Gasteiger partial charge on any atom is 0.419 e. The number of hydrogen-bond acceptors (Lipinski definition) is 5. The Morgan fingerprint density at radius 2 is 1.83 bits per heavy atom. The van der Waals surface area contributed by atoms with Gasteiger partial charge in [0.15, 0.2) is 5.65 Å². The van der Waals surface area contributed by atoms with Gasteiger partial charge in [0.1, 0.15) is 11.6 Å². The molecule has 0 unspecified atom stereocenters. The summed E-state index contributed by atoms with van der Waals surface area (Å²) in [4.78, 5) is 38.7. The largest absolute Gasteiger partial charge is 0.419 e. The number of thiophene rings is 1. The first-order valence-corrected chi connectivity index (χ1v) is 13.5. The second-order valence-electron chi connectivity index (χ2n) is 9.59. The van der Waals surface area contributed by atoms with E-state index in [0.29, 0.717) is 23.2 Å². The van der Waals surface area contributed by atoms with Gasteiger partial charge in [-0.05, 0) is 67.3 Å². The Balaban J connectivity index is 1.61. The van der Waals surface area contributed by atoms with E-state index in [2.05, 4.69) is 4.98 Å². The molecular formula is C30H24F4N4O2S. The number of rotatable bonds is 7. The van der Waals surface area contributed by atoms with E-state index in [4.69, 9.17) is 4.98 Å². The highest BCUT2D eigenvalue weighted by atomic mass is 32.1. The third-order valence-electron chi connectivity index (χ3n) is 6.72. The average Bonchev–Trinajstić information content (AvgIpc) is 3.46. The van der Waals surface area contributed by atoms with Crippen molar-refractivity contribution in [3.63, 3.8) is 0 Å². The minimum Gasteiger partial charge on any atom is -0.327 e. The van der Waals surface area contributed by atoms with Gasteiger partial charge in [-0.2, -0.15) is 13.2 Å². The zero-order chi connectivity index (χ0) is 29.3. The highest BCUT2D eigenvalue weighted by Crippen LogP contribution is 2.32. The van der Waals surface area contributed by atoms with Gasteiger partial charge in [-0.15, -0.1) is 11.3 Å². The van der Waals surface area contributed by atoms with Crippen LogP contribution in [-0.2, 0) is 23.9 Å². The van der Waals surface area contributed by atoms with Crippen LogP contribution in [0.1, 0.15) is 40.4 Å². The van der Waals surface area contributed by atoms with Crippen molar-refractivity contribution in [2.45, 2.75) is 39.0 Å². The summed E-state index contributed by atoms with van der Waals surface area (Å²) in [5, 5.41) is 2.14. The summed E-state index contributed by atoms with van der Waals surface area (Å²) in [5.41, 5.74) is -0.0611. The molecule has 5 rings (SSSR count). The predicted octanol–water partition coefficient (Wildman–Crippen LogP) is 6.64. The molecular weight excluding hydrogens is 556 g/mol. The minimum absolute atomic E-state index is 0.0103. The fourth-order valence-corrected chi connectivity index (χ4v) is 5.29. The van der Waals surface area contributed by atoms with Crippen molar-refractivity contribution in [3.05, 3.63) is 122 Å². The van der Waals surface area contributed by atoms with E-state index in [9.17, 15) is 27.2 Å². The standard InChI is InChI=1S/C30H24F4N4O2S/c1-18-7-10-21(11-8-18)38-28(36-27-23(29(38)40)6-3-13-35-27)19(2)37(17-22-5-4-14-41-22)26(39)16-20-9-12-25(31)24(15-20)30(32,33)34/h3-15,19H,16-17H2,1-2H3/t19-/m1/s1. The van der Waals surface area contributed by atoms with Crippen molar-refractivity contribution in [2.24, 2.45) is 0 Å². The molecule has 0 aliphatic carbocycles. The summed E-state index contributed by atoms with van der Waals surface area (Å²) in [5.74, 6) is -1.69. The molecule has 0 fully saturated rings. The highest BCUT2D eigenvalue weighted by Gasteiger charge is 2.35. The molecule has 1 atom stereocenters. The molecule has 11 heteroatoms. The molecule has 3 heterocycles. The Labute approximate surface area is 236 Å². The van der Waals surface area contributed by atoms with Gasteiger partial charge in [0.25, 0.3) is 5.56 Å². The molecule has 0 aliphatic rings. The number of benzene rings is 2. The van der Waals surface area contributed by atoms with Gasteiger partial charge in [0, 0.05) is 11.1 Å². The topological polar surface area (TPSA) is 68.1 Å². The van der Waals surface area contributed by atoms with E-state index in [1.54, 1.807) is 31.2 Å². The van der Waals surface area contributed by atoms with Crippen molar-refractivity contribution in [2.75, 3.05) is 0 Å². The van der Waals surface area contributed by atoms with Gasteiger partial charge in [-0.3, -0.25) is 14.2 Å². The van der Waals surface area contributed by atoms with Crippen LogP contribution in [0.2, 0.25) is 0 Å². The molecule has 0 saturated carbocycles. The molecule has 0 saturated heterocycles. The van der Waals surface area contributed by atoms with E-state index >= 15 is 0 Å². The van der Waals surface area contributed by atoms with Gasteiger partial charge >= 0.3 is 6.18 Å². The minimum atomic E-state index is -4.90. The maximum absolute atomic E-state index is 13.9. The molecule has 41 heavy (non-hydrogen) atoms. The first-order valence-electron chi connectivity index (χ1n) is 12.6. The van der Waals surface area contributed by atoms with E-state index in [-0.39, 0.29) is 29.1 Å².